The van der Waals surface area contributed by atoms with Crippen LogP contribution in [0.2, 0.25) is 0 Å². The first-order valence-electron chi connectivity index (χ1n) is 10.2. The zero-order valence-corrected chi connectivity index (χ0v) is 17.8. The van der Waals surface area contributed by atoms with Gasteiger partial charge in [-0.2, -0.15) is 5.10 Å². The number of hydrogen-bond donors (Lipinski definition) is 1. The zero-order valence-electron chi connectivity index (χ0n) is 17.8. The molecule has 7 heteroatoms. The minimum atomic E-state index is -0.442. The lowest BCUT2D eigenvalue weighted by Crippen LogP contribution is -2.38. The van der Waals surface area contributed by atoms with E-state index in [0.29, 0.717) is 5.69 Å². The van der Waals surface area contributed by atoms with Crippen LogP contribution in [-0.2, 0) is 17.8 Å². The number of anilines is 2. The van der Waals surface area contributed by atoms with E-state index in [1.54, 1.807) is 4.90 Å². The molecular weight excluding hydrogens is 392 g/mol. The number of carbonyl (C=O) groups is 2. The molecule has 0 spiro atoms. The normalized spacial score (nSPS) is 14.9. The second kappa shape index (κ2) is 8.18. The van der Waals surface area contributed by atoms with Crippen molar-refractivity contribution in [3.05, 3.63) is 87.3 Å². The molecule has 3 aromatic rings. The average Bonchev–Trinajstić information content (AvgIpc) is 3.07. The lowest BCUT2D eigenvalue weighted by Gasteiger charge is -2.22. The molecule has 0 saturated carbocycles. The summed E-state index contributed by atoms with van der Waals surface area (Å²) in [7, 11) is 0. The Morgan fingerprint density at radius 3 is 2.65 bits per heavy atom. The van der Waals surface area contributed by atoms with E-state index in [1.165, 1.54) is 12.1 Å². The summed E-state index contributed by atoms with van der Waals surface area (Å²) < 4.78 is 1.03. The molecule has 1 aliphatic rings. The fraction of sp³-hybridized carbons (Fsp3) is 0.250. The van der Waals surface area contributed by atoms with Gasteiger partial charge in [0.1, 0.15) is 12.2 Å². The van der Waals surface area contributed by atoms with E-state index in [4.69, 9.17) is 0 Å². The summed E-state index contributed by atoms with van der Waals surface area (Å²) in [6.07, 6.45) is 0.764. The highest BCUT2D eigenvalue weighted by Gasteiger charge is 2.32. The molecule has 1 aromatic heterocycles. The molecule has 1 atom stereocenters. The Balaban J connectivity index is 1.55. The van der Waals surface area contributed by atoms with Gasteiger partial charge >= 0.3 is 0 Å². The second-order valence-corrected chi connectivity index (χ2v) is 7.94. The Labute approximate surface area is 180 Å². The third-order valence-corrected chi connectivity index (χ3v) is 5.46. The number of benzene rings is 2. The van der Waals surface area contributed by atoms with Gasteiger partial charge in [-0.15, -0.1) is 0 Å². The van der Waals surface area contributed by atoms with Crippen molar-refractivity contribution in [3.63, 3.8) is 0 Å². The van der Waals surface area contributed by atoms with Gasteiger partial charge < -0.3 is 10.2 Å². The molecule has 7 nitrogen and oxygen atoms in total. The van der Waals surface area contributed by atoms with Crippen LogP contribution in [0.5, 0.6) is 0 Å². The minimum absolute atomic E-state index is 0.0140. The van der Waals surface area contributed by atoms with Crippen LogP contribution in [0.25, 0.3) is 0 Å². The number of fused-ring (bicyclic) bond motifs is 1. The van der Waals surface area contributed by atoms with Crippen LogP contribution in [0, 0.1) is 13.8 Å². The summed E-state index contributed by atoms with van der Waals surface area (Å²) in [4.78, 5) is 39.7. The minimum Gasteiger partial charge on any atom is -0.324 e. The standard InChI is InChI=1S/C24H24N4O3/c1-15-8-9-19(16(2)12-15)25-22(29)14-27-23(30)11-10-20(26-27)24(31)28-17(3)13-18-6-4-5-7-21(18)28/h4-12,17H,13-14H2,1-3H3,(H,25,29). The molecule has 1 N–H and O–H groups in total. The summed E-state index contributed by atoms with van der Waals surface area (Å²) in [5.41, 5.74) is 4.34. The summed E-state index contributed by atoms with van der Waals surface area (Å²) in [5.74, 6) is -0.674. The zero-order chi connectivity index (χ0) is 22.1. The highest BCUT2D eigenvalue weighted by molar-refractivity contribution is 6.06. The van der Waals surface area contributed by atoms with Crippen LogP contribution < -0.4 is 15.8 Å². The van der Waals surface area contributed by atoms with E-state index in [0.717, 1.165) is 33.5 Å². The van der Waals surface area contributed by atoms with Crippen molar-refractivity contribution >= 4 is 23.2 Å². The van der Waals surface area contributed by atoms with E-state index >= 15 is 0 Å². The number of aromatic nitrogens is 2. The Hall–Kier alpha value is -3.74. The first kappa shape index (κ1) is 20.5. The SMILES string of the molecule is Cc1ccc(NC(=O)Cn2nc(C(=O)N3c4ccccc4CC3C)ccc2=O)c(C)c1. The molecule has 158 valence electrons. The predicted molar refractivity (Wildman–Crippen MR) is 119 cm³/mol. The Bertz CT molecular complexity index is 1230. The number of rotatable bonds is 4. The van der Waals surface area contributed by atoms with Crippen LogP contribution in [-0.4, -0.2) is 27.6 Å². The Morgan fingerprint density at radius 2 is 1.87 bits per heavy atom. The monoisotopic (exact) mass is 416 g/mol. The van der Waals surface area contributed by atoms with E-state index in [9.17, 15) is 14.4 Å². The topological polar surface area (TPSA) is 84.3 Å². The quantitative estimate of drug-likeness (QED) is 0.708. The lowest BCUT2D eigenvalue weighted by molar-refractivity contribution is -0.117. The average molecular weight is 416 g/mol. The van der Waals surface area contributed by atoms with Gasteiger partial charge in [-0.3, -0.25) is 14.4 Å². The van der Waals surface area contributed by atoms with Crippen molar-refractivity contribution in [2.75, 3.05) is 10.2 Å². The van der Waals surface area contributed by atoms with Crippen LogP contribution >= 0.6 is 0 Å². The van der Waals surface area contributed by atoms with Crippen LogP contribution in [0.4, 0.5) is 11.4 Å². The molecule has 0 fully saturated rings. The van der Waals surface area contributed by atoms with Crippen molar-refractivity contribution in [1.82, 2.24) is 9.78 Å². The molecule has 0 bridgehead atoms. The maximum atomic E-state index is 13.2. The van der Waals surface area contributed by atoms with Gasteiger partial charge in [-0.25, -0.2) is 4.68 Å². The predicted octanol–water partition coefficient (Wildman–Crippen LogP) is 3.09. The molecule has 0 aliphatic carbocycles. The third-order valence-electron chi connectivity index (χ3n) is 5.46. The lowest BCUT2D eigenvalue weighted by atomic mass is 10.1. The second-order valence-electron chi connectivity index (χ2n) is 7.94. The first-order valence-corrected chi connectivity index (χ1v) is 10.2. The molecule has 2 amide bonds. The van der Waals surface area contributed by atoms with Gasteiger partial charge in [-0.1, -0.05) is 35.9 Å². The van der Waals surface area contributed by atoms with Crippen molar-refractivity contribution in [2.45, 2.75) is 39.8 Å². The molecule has 4 rings (SSSR count). The molecule has 1 aliphatic heterocycles. The smallest absolute Gasteiger partial charge is 0.278 e. The van der Waals surface area contributed by atoms with Gasteiger partial charge in [0.25, 0.3) is 11.5 Å². The summed E-state index contributed by atoms with van der Waals surface area (Å²) >= 11 is 0. The third kappa shape index (κ3) is 4.12. The van der Waals surface area contributed by atoms with Crippen molar-refractivity contribution in [1.29, 1.82) is 0 Å². The van der Waals surface area contributed by atoms with Gasteiger partial charge in [-0.05, 0) is 56.5 Å². The number of hydrogen-bond acceptors (Lipinski definition) is 4. The summed E-state index contributed by atoms with van der Waals surface area (Å²) in [6.45, 7) is 5.58. The van der Waals surface area contributed by atoms with Crippen molar-refractivity contribution < 1.29 is 9.59 Å². The van der Waals surface area contributed by atoms with E-state index in [1.807, 2.05) is 63.2 Å². The highest BCUT2D eigenvalue weighted by Crippen LogP contribution is 2.32. The van der Waals surface area contributed by atoms with Crippen molar-refractivity contribution in [2.24, 2.45) is 0 Å². The fourth-order valence-corrected chi connectivity index (χ4v) is 3.95. The maximum absolute atomic E-state index is 13.2. The van der Waals surface area contributed by atoms with Gasteiger partial charge in [0.2, 0.25) is 5.91 Å². The first-order chi connectivity index (χ1) is 14.8. The number of aryl methyl sites for hydroxylation is 2. The molecule has 1 unspecified atom stereocenters. The molecule has 2 aromatic carbocycles. The van der Waals surface area contributed by atoms with Gasteiger partial charge in [0.05, 0.1) is 0 Å². The number of nitrogens with zero attached hydrogens (tertiary/aromatic N) is 3. The number of para-hydroxylation sites is 1. The maximum Gasteiger partial charge on any atom is 0.278 e. The van der Waals surface area contributed by atoms with Gasteiger partial charge in [0.15, 0.2) is 0 Å². The Morgan fingerprint density at radius 1 is 1.10 bits per heavy atom. The molecule has 2 heterocycles. The molecule has 0 saturated heterocycles. The van der Waals surface area contributed by atoms with Crippen molar-refractivity contribution in [3.8, 4) is 0 Å². The van der Waals surface area contributed by atoms with Crippen LogP contribution in [0.15, 0.2) is 59.4 Å². The summed E-state index contributed by atoms with van der Waals surface area (Å²) in [6, 6.07) is 16.1. The van der Waals surface area contributed by atoms with E-state index < -0.39 is 5.56 Å². The van der Waals surface area contributed by atoms with Crippen LogP contribution in [0.1, 0.15) is 34.1 Å². The number of nitrogens with one attached hydrogen (secondary N) is 1. The summed E-state index contributed by atoms with van der Waals surface area (Å²) in [5, 5.41) is 7.00. The number of amides is 2. The van der Waals surface area contributed by atoms with E-state index in [-0.39, 0.29) is 30.1 Å². The molecular formula is C24H24N4O3. The fourth-order valence-electron chi connectivity index (χ4n) is 3.95. The van der Waals surface area contributed by atoms with Crippen LogP contribution in [0.3, 0.4) is 0 Å². The van der Waals surface area contributed by atoms with Gasteiger partial charge in [0, 0.05) is 23.5 Å². The highest BCUT2D eigenvalue weighted by atomic mass is 16.2. The molecule has 31 heavy (non-hydrogen) atoms. The largest absolute Gasteiger partial charge is 0.324 e. The Kier molecular flexibility index (Phi) is 5.42. The number of carbonyl (C=O) groups excluding carboxylic acids is 2. The van der Waals surface area contributed by atoms with E-state index in [2.05, 4.69) is 10.4 Å². The molecule has 0 radical (unpaired) electrons.